The van der Waals surface area contributed by atoms with Gasteiger partial charge in [-0.25, -0.2) is 4.79 Å². The van der Waals surface area contributed by atoms with E-state index in [1.54, 1.807) is 36.4 Å². The number of piperidine rings is 1. The summed E-state index contributed by atoms with van der Waals surface area (Å²) in [5.41, 5.74) is 1.57. The molecule has 28 heavy (non-hydrogen) atoms. The molecule has 0 saturated carbocycles. The lowest BCUT2D eigenvalue weighted by Crippen LogP contribution is -2.33. The van der Waals surface area contributed by atoms with E-state index in [0.29, 0.717) is 22.7 Å². The number of carbonyl (C=O) groups excluding carboxylic acids is 1. The molecule has 1 heterocycles. The number of benzene rings is 2. The van der Waals surface area contributed by atoms with Gasteiger partial charge >= 0.3 is 5.97 Å². The Morgan fingerprint density at radius 2 is 2.00 bits per heavy atom. The van der Waals surface area contributed by atoms with Crippen LogP contribution in [0.3, 0.4) is 0 Å². The minimum atomic E-state index is -0.658. The molecular weight excluding hydrogens is 358 g/mol. The van der Waals surface area contributed by atoms with Gasteiger partial charge in [-0.15, -0.1) is 0 Å². The molecule has 0 atom stereocenters. The summed E-state index contributed by atoms with van der Waals surface area (Å²) in [5, 5.41) is 20.7. The van der Waals surface area contributed by atoms with E-state index < -0.39 is 10.9 Å². The molecule has 0 aliphatic carbocycles. The monoisotopic (exact) mass is 379 g/mol. The van der Waals surface area contributed by atoms with Crippen molar-refractivity contribution in [2.45, 2.75) is 26.4 Å². The number of anilines is 1. The molecule has 1 fully saturated rings. The lowest BCUT2D eigenvalue weighted by Gasteiger charge is -2.31. The summed E-state index contributed by atoms with van der Waals surface area (Å²) in [6, 6.07) is 13.3. The summed E-state index contributed by atoms with van der Waals surface area (Å²) in [7, 11) is 0. The highest BCUT2D eigenvalue weighted by Gasteiger charge is 2.25. The Morgan fingerprint density at radius 3 is 2.68 bits per heavy atom. The van der Waals surface area contributed by atoms with Crippen molar-refractivity contribution in [2.24, 2.45) is 5.92 Å². The number of hydrogen-bond acceptors (Lipinski definition) is 6. The van der Waals surface area contributed by atoms with Gasteiger partial charge in [0.1, 0.15) is 12.3 Å². The number of nitro groups is 1. The first-order chi connectivity index (χ1) is 13.5. The molecule has 0 N–H and O–H groups in total. The van der Waals surface area contributed by atoms with Crippen molar-refractivity contribution in [1.82, 2.24) is 0 Å². The van der Waals surface area contributed by atoms with Crippen LogP contribution in [-0.4, -0.2) is 24.0 Å². The zero-order valence-electron chi connectivity index (χ0n) is 15.6. The van der Waals surface area contributed by atoms with Crippen LogP contribution in [0.1, 0.15) is 41.3 Å². The third-order valence-electron chi connectivity index (χ3n) is 5.03. The van der Waals surface area contributed by atoms with Crippen molar-refractivity contribution in [3.8, 4) is 6.07 Å². The fourth-order valence-corrected chi connectivity index (χ4v) is 3.30. The Labute approximate surface area is 163 Å². The number of hydrogen-bond donors (Lipinski definition) is 0. The Morgan fingerprint density at radius 1 is 1.29 bits per heavy atom. The average Bonchev–Trinajstić information content (AvgIpc) is 2.72. The smallest absolute Gasteiger partial charge is 0.338 e. The van der Waals surface area contributed by atoms with E-state index in [4.69, 9.17) is 10.00 Å². The van der Waals surface area contributed by atoms with Crippen LogP contribution < -0.4 is 4.90 Å². The third-order valence-corrected chi connectivity index (χ3v) is 5.03. The molecule has 2 aromatic carbocycles. The second-order valence-corrected chi connectivity index (χ2v) is 6.98. The van der Waals surface area contributed by atoms with Crippen molar-refractivity contribution in [3.63, 3.8) is 0 Å². The first-order valence-electron chi connectivity index (χ1n) is 9.18. The minimum absolute atomic E-state index is 0.0673. The second kappa shape index (κ2) is 8.53. The summed E-state index contributed by atoms with van der Waals surface area (Å²) in [6.45, 7) is 3.63. The summed E-state index contributed by atoms with van der Waals surface area (Å²) in [5.74, 6) is -0.0458. The van der Waals surface area contributed by atoms with Crippen LogP contribution in [0.4, 0.5) is 11.4 Å². The maximum atomic E-state index is 12.4. The molecule has 0 radical (unpaired) electrons. The van der Waals surface area contributed by atoms with Crippen molar-refractivity contribution < 1.29 is 14.5 Å². The molecule has 1 aliphatic rings. The SMILES string of the molecule is CC1CCN(c2ccc(C(=O)OCc3ccccc3C#N)cc2[N+](=O)[O-])CC1. The van der Waals surface area contributed by atoms with E-state index in [0.717, 1.165) is 25.9 Å². The summed E-state index contributed by atoms with van der Waals surface area (Å²) in [4.78, 5) is 25.5. The van der Waals surface area contributed by atoms with Crippen molar-refractivity contribution >= 4 is 17.3 Å². The largest absolute Gasteiger partial charge is 0.457 e. The van der Waals surface area contributed by atoms with Gasteiger partial charge < -0.3 is 9.64 Å². The van der Waals surface area contributed by atoms with Gasteiger partial charge in [-0.05, 0) is 37.0 Å². The maximum absolute atomic E-state index is 12.4. The van der Waals surface area contributed by atoms with E-state index in [1.807, 2.05) is 11.0 Å². The average molecular weight is 379 g/mol. The van der Waals surface area contributed by atoms with Crippen LogP contribution in [-0.2, 0) is 11.3 Å². The van der Waals surface area contributed by atoms with Gasteiger partial charge in [0.05, 0.1) is 22.1 Å². The Kier molecular flexibility index (Phi) is 5.90. The molecule has 0 aromatic heterocycles. The summed E-state index contributed by atoms with van der Waals surface area (Å²) >= 11 is 0. The van der Waals surface area contributed by atoms with E-state index in [2.05, 4.69) is 6.92 Å². The number of nitrogens with zero attached hydrogens (tertiary/aromatic N) is 3. The highest BCUT2D eigenvalue weighted by atomic mass is 16.6. The molecule has 0 spiro atoms. The van der Waals surface area contributed by atoms with E-state index in [9.17, 15) is 14.9 Å². The van der Waals surface area contributed by atoms with E-state index in [1.165, 1.54) is 6.07 Å². The lowest BCUT2D eigenvalue weighted by molar-refractivity contribution is -0.384. The van der Waals surface area contributed by atoms with Crippen molar-refractivity contribution in [2.75, 3.05) is 18.0 Å². The van der Waals surface area contributed by atoms with Gasteiger partial charge in [-0.3, -0.25) is 10.1 Å². The fraction of sp³-hybridized carbons (Fsp3) is 0.333. The molecule has 0 bridgehead atoms. The van der Waals surface area contributed by atoms with E-state index >= 15 is 0 Å². The normalized spacial score (nSPS) is 14.4. The van der Waals surface area contributed by atoms with Crippen LogP contribution in [0.2, 0.25) is 0 Å². The van der Waals surface area contributed by atoms with Gasteiger partial charge in [0.15, 0.2) is 0 Å². The van der Waals surface area contributed by atoms with Gasteiger partial charge in [-0.2, -0.15) is 5.26 Å². The zero-order chi connectivity index (χ0) is 20.1. The molecule has 7 heteroatoms. The van der Waals surface area contributed by atoms with Crippen molar-refractivity contribution in [3.05, 3.63) is 69.3 Å². The molecular formula is C21H21N3O4. The first-order valence-corrected chi connectivity index (χ1v) is 9.18. The Bertz CT molecular complexity index is 927. The number of ether oxygens (including phenoxy) is 1. The number of nitro benzene ring substituents is 1. The van der Waals surface area contributed by atoms with Gasteiger partial charge in [0.25, 0.3) is 5.69 Å². The second-order valence-electron chi connectivity index (χ2n) is 6.98. The topological polar surface area (TPSA) is 96.5 Å². The standard InChI is InChI=1S/C21H21N3O4/c1-15-8-10-23(11-9-15)19-7-6-16(12-20(19)24(26)27)21(25)28-14-18-5-3-2-4-17(18)13-22/h2-7,12,15H,8-11,14H2,1H3. The van der Waals surface area contributed by atoms with Crippen LogP contribution in [0.5, 0.6) is 0 Å². The zero-order valence-corrected chi connectivity index (χ0v) is 15.6. The van der Waals surface area contributed by atoms with Gasteiger partial charge in [0, 0.05) is 24.7 Å². The number of nitriles is 1. The summed E-state index contributed by atoms with van der Waals surface area (Å²) in [6.07, 6.45) is 1.97. The highest BCUT2D eigenvalue weighted by molar-refractivity contribution is 5.91. The molecule has 0 unspecified atom stereocenters. The molecule has 2 aromatic rings. The van der Waals surface area contributed by atoms with Crippen LogP contribution in [0.25, 0.3) is 0 Å². The predicted octanol–water partition coefficient (Wildman–Crippen LogP) is 4.06. The first kappa shape index (κ1) is 19.4. The molecule has 1 saturated heterocycles. The third kappa shape index (κ3) is 4.29. The Balaban J connectivity index is 1.77. The maximum Gasteiger partial charge on any atom is 0.338 e. The van der Waals surface area contributed by atoms with Crippen LogP contribution >= 0.6 is 0 Å². The van der Waals surface area contributed by atoms with Crippen LogP contribution in [0, 0.1) is 27.4 Å². The minimum Gasteiger partial charge on any atom is -0.457 e. The van der Waals surface area contributed by atoms with Gasteiger partial charge in [-0.1, -0.05) is 25.1 Å². The summed E-state index contributed by atoms with van der Waals surface area (Å²) < 4.78 is 5.26. The quantitative estimate of drug-likeness (QED) is 0.441. The lowest BCUT2D eigenvalue weighted by atomic mass is 9.98. The molecule has 3 rings (SSSR count). The molecule has 0 amide bonds. The van der Waals surface area contributed by atoms with Crippen LogP contribution in [0.15, 0.2) is 42.5 Å². The highest BCUT2D eigenvalue weighted by Crippen LogP contribution is 2.32. The van der Waals surface area contributed by atoms with E-state index in [-0.39, 0.29) is 17.9 Å². The molecule has 7 nitrogen and oxygen atoms in total. The predicted molar refractivity (Wildman–Crippen MR) is 104 cm³/mol. The Hall–Kier alpha value is -3.40. The number of carbonyl (C=O) groups is 1. The fourth-order valence-electron chi connectivity index (χ4n) is 3.30. The number of rotatable bonds is 5. The molecule has 1 aliphatic heterocycles. The van der Waals surface area contributed by atoms with Crippen molar-refractivity contribution in [1.29, 1.82) is 5.26 Å². The number of esters is 1. The van der Waals surface area contributed by atoms with Gasteiger partial charge in [0.2, 0.25) is 0 Å². The molecule has 144 valence electrons.